The number of hydrogen-bond acceptors (Lipinski definition) is 8. The SMILES string of the molecule is Cc1cnc(NC(=O)[SH]2(O)(O)c3ccccc3C(O)=C(C(=O)O)N2C)s1. The molecule has 140 valence electrons. The molecule has 0 bridgehead atoms. The third-order valence-electron chi connectivity index (χ3n) is 4.13. The number of likely N-dealkylation sites (N-methyl/N-ethyl adjacent to an activating group) is 1. The van der Waals surface area contributed by atoms with Gasteiger partial charge < -0.3 is 19.3 Å². The third kappa shape index (κ3) is 2.36. The first-order valence-electron chi connectivity index (χ1n) is 7.33. The van der Waals surface area contributed by atoms with E-state index in [-0.39, 0.29) is 15.6 Å². The van der Waals surface area contributed by atoms with Crippen LogP contribution in [0.15, 0.2) is 41.1 Å². The summed E-state index contributed by atoms with van der Waals surface area (Å²) < 4.78 is 23.1. The molecule has 0 radical (unpaired) electrons. The van der Waals surface area contributed by atoms with Crippen molar-refractivity contribution >= 4 is 43.3 Å². The van der Waals surface area contributed by atoms with Crippen molar-refractivity contribution in [3.05, 3.63) is 46.6 Å². The van der Waals surface area contributed by atoms with Crippen molar-refractivity contribution in [2.75, 3.05) is 12.4 Å². The minimum Gasteiger partial charge on any atom is -0.505 e. The number of carbonyl (C=O) groups is 2. The van der Waals surface area contributed by atoms with Crippen LogP contribution in [-0.2, 0) is 4.79 Å². The Morgan fingerprint density at radius 1 is 1.27 bits per heavy atom. The molecule has 11 heteroatoms. The number of fused-ring (bicyclic) bond motifs is 1. The zero-order valence-corrected chi connectivity index (χ0v) is 15.5. The number of carbonyl (C=O) groups excluding carboxylic acids is 1. The zero-order chi connectivity index (χ0) is 19.3. The monoisotopic (exact) mass is 399 g/mol. The molecule has 0 spiro atoms. The predicted molar refractivity (Wildman–Crippen MR) is 99.8 cm³/mol. The summed E-state index contributed by atoms with van der Waals surface area (Å²) in [5.41, 5.74) is -0.909. The number of amides is 1. The lowest BCUT2D eigenvalue weighted by molar-refractivity contribution is -0.133. The summed E-state index contributed by atoms with van der Waals surface area (Å²) in [5, 5.41) is 21.0. The maximum absolute atomic E-state index is 12.9. The zero-order valence-electron chi connectivity index (χ0n) is 13.7. The molecule has 0 saturated heterocycles. The molecule has 9 nitrogen and oxygen atoms in total. The van der Waals surface area contributed by atoms with Gasteiger partial charge in [0.15, 0.2) is 16.6 Å². The molecule has 1 aliphatic heterocycles. The summed E-state index contributed by atoms with van der Waals surface area (Å²) in [6, 6.07) is 5.53. The number of hydrogen-bond donors (Lipinski definition) is 6. The Kier molecular flexibility index (Phi) is 3.99. The second-order valence-corrected chi connectivity index (χ2v) is 10.4. The van der Waals surface area contributed by atoms with Gasteiger partial charge in [0, 0.05) is 23.7 Å². The van der Waals surface area contributed by atoms with Crippen molar-refractivity contribution in [1.82, 2.24) is 9.29 Å². The van der Waals surface area contributed by atoms with E-state index < -0.39 is 32.6 Å². The number of thiol groups is 1. The van der Waals surface area contributed by atoms with Gasteiger partial charge >= 0.3 is 11.2 Å². The Morgan fingerprint density at radius 2 is 1.92 bits per heavy atom. The maximum atomic E-state index is 12.9. The highest BCUT2D eigenvalue weighted by Crippen LogP contribution is 2.75. The van der Waals surface area contributed by atoms with Crippen molar-refractivity contribution in [2.24, 2.45) is 0 Å². The number of benzene rings is 1. The van der Waals surface area contributed by atoms with Gasteiger partial charge in [0.25, 0.3) is 0 Å². The number of aliphatic hydroxyl groups is 1. The van der Waals surface area contributed by atoms with Crippen molar-refractivity contribution in [1.29, 1.82) is 0 Å². The Hall–Kier alpha value is -2.60. The van der Waals surface area contributed by atoms with Crippen LogP contribution in [0.1, 0.15) is 10.4 Å². The first-order chi connectivity index (χ1) is 12.1. The molecule has 1 aliphatic rings. The van der Waals surface area contributed by atoms with E-state index in [0.717, 1.165) is 23.3 Å². The van der Waals surface area contributed by atoms with Crippen LogP contribution in [0.25, 0.3) is 5.76 Å². The largest absolute Gasteiger partial charge is 0.505 e. The summed E-state index contributed by atoms with van der Waals surface area (Å²) in [4.78, 5) is 29.0. The normalized spacial score (nSPS) is 19.2. The number of thiazole rings is 1. The number of carboxylic acids is 1. The van der Waals surface area contributed by atoms with Gasteiger partial charge in [-0.05, 0) is 19.1 Å². The molecule has 3 rings (SSSR count). The summed E-state index contributed by atoms with van der Waals surface area (Å²) >= 11 is 1.13. The summed E-state index contributed by atoms with van der Waals surface area (Å²) in [6.07, 6.45) is 1.50. The highest BCUT2D eigenvalue weighted by atomic mass is 32.3. The molecule has 5 N–H and O–H groups in total. The van der Waals surface area contributed by atoms with Gasteiger partial charge in [0.1, 0.15) is 0 Å². The number of anilines is 1. The van der Waals surface area contributed by atoms with Crippen molar-refractivity contribution in [3.8, 4) is 0 Å². The van der Waals surface area contributed by atoms with Crippen LogP contribution >= 0.6 is 21.2 Å². The number of carboxylic acid groups (broad SMARTS) is 1. The van der Waals surface area contributed by atoms with E-state index in [9.17, 15) is 28.9 Å². The van der Waals surface area contributed by atoms with Gasteiger partial charge in [-0.25, -0.2) is 9.78 Å². The van der Waals surface area contributed by atoms with Crippen molar-refractivity contribution < 1.29 is 28.9 Å². The molecule has 0 saturated carbocycles. The molecular formula is C15H17N3O6S2. The van der Waals surface area contributed by atoms with Crippen LogP contribution in [0.4, 0.5) is 9.93 Å². The second-order valence-electron chi connectivity index (χ2n) is 5.73. The molecule has 1 aromatic carbocycles. The summed E-state index contributed by atoms with van der Waals surface area (Å²) in [5.74, 6) is -2.26. The first kappa shape index (κ1) is 18.2. The van der Waals surface area contributed by atoms with Crippen molar-refractivity contribution in [3.63, 3.8) is 0 Å². The van der Waals surface area contributed by atoms with E-state index in [1.165, 1.54) is 30.5 Å². The van der Waals surface area contributed by atoms with Gasteiger partial charge in [-0.3, -0.25) is 14.4 Å². The minimum absolute atomic E-state index is 0.129. The van der Waals surface area contributed by atoms with E-state index in [0.29, 0.717) is 4.31 Å². The van der Waals surface area contributed by atoms with E-state index in [1.807, 2.05) is 0 Å². The van der Waals surface area contributed by atoms with E-state index in [4.69, 9.17) is 0 Å². The van der Waals surface area contributed by atoms with Crippen LogP contribution in [0.3, 0.4) is 0 Å². The van der Waals surface area contributed by atoms with Crippen LogP contribution in [0.5, 0.6) is 0 Å². The molecule has 1 aromatic heterocycles. The minimum atomic E-state index is -5.66. The smallest absolute Gasteiger partial charge is 0.357 e. The second kappa shape index (κ2) is 5.71. The van der Waals surface area contributed by atoms with E-state index >= 15 is 0 Å². The molecule has 0 aliphatic carbocycles. The average molecular weight is 399 g/mol. The Labute approximate surface area is 152 Å². The average Bonchev–Trinajstić information content (AvgIpc) is 2.98. The Bertz CT molecular complexity index is 968. The lowest BCUT2D eigenvalue weighted by atomic mass is 10.1. The van der Waals surface area contributed by atoms with Crippen molar-refractivity contribution in [2.45, 2.75) is 11.8 Å². The number of aryl methyl sites for hydroxylation is 1. The Morgan fingerprint density at radius 3 is 2.50 bits per heavy atom. The topological polar surface area (TPSA) is 143 Å². The molecule has 0 unspecified atom stereocenters. The molecule has 1 amide bonds. The van der Waals surface area contributed by atoms with Gasteiger partial charge in [0.05, 0.1) is 4.90 Å². The molecule has 0 fully saturated rings. The quantitative estimate of drug-likeness (QED) is 0.423. The van der Waals surface area contributed by atoms with Gasteiger partial charge in [-0.2, -0.15) is 9.91 Å². The predicted octanol–water partition coefficient (Wildman–Crippen LogP) is 3.23. The van der Waals surface area contributed by atoms with Gasteiger partial charge in [-0.1, -0.05) is 12.1 Å². The number of nitrogens with one attached hydrogen (secondary N) is 1. The van der Waals surface area contributed by atoms with Crippen LogP contribution in [-0.4, -0.2) is 46.9 Å². The Balaban J connectivity index is 2.23. The van der Waals surface area contributed by atoms with Crippen LogP contribution in [0, 0.1) is 6.92 Å². The fraction of sp³-hybridized carbons (Fsp3) is 0.133. The molecule has 0 atom stereocenters. The summed E-state index contributed by atoms with van der Waals surface area (Å²) in [6.45, 7) is 1.76. The van der Waals surface area contributed by atoms with E-state index in [1.54, 1.807) is 6.92 Å². The van der Waals surface area contributed by atoms with Gasteiger partial charge in [0.2, 0.25) is 0 Å². The molecule has 26 heavy (non-hydrogen) atoms. The molecule has 2 aromatic rings. The van der Waals surface area contributed by atoms with Gasteiger partial charge in [-0.15, -0.1) is 11.3 Å². The number of aliphatic hydroxyl groups excluding tert-OH is 1. The van der Waals surface area contributed by atoms with Crippen LogP contribution < -0.4 is 5.32 Å². The van der Waals surface area contributed by atoms with Crippen LogP contribution in [0.2, 0.25) is 0 Å². The standard InChI is InChI=1S/C15H17N3O6S2/c1-8-7-16-14(25-8)17-15(22)26(23,24)10-6-4-3-5-9(10)12(19)11(13(20)21)18(26)2/h3-7,19,23-24,26H,1-2H3,(H,20,21)(H,16,17,22). The first-order valence-corrected chi connectivity index (χ1v) is 10.2. The summed E-state index contributed by atoms with van der Waals surface area (Å²) in [7, 11) is -4.62. The fourth-order valence-corrected chi connectivity index (χ4v) is 6.16. The molecule has 2 heterocycles. The highest BCUT2D eigenvalue weighted by Gasteiger charge is 2.51. The third-order valence-corrected chi connectivity index (χ3v) is 8.43. The maximum Gasteiger partial charge on any atom is 0.357 e. The number of rotatable bonds is 2. The number of nitrogens with zero attached hydrogens (tertiary/aromatic N) is 2. The number of aromatic nitrogens is 1. The molecular weight excluding hydrogens is 382 g/mol. The van der Waals surface area contributed by atoms with E-state index in [2.05, 4.69) is 10.3 Å². The fourth-order valence-electron chi connectivity index (χ4n) is 2.76. The lowest BCUT2D eigenvalue weighted by Gasteiger charge is -2.65. The highest BCUT2D eigenvalue weighted by molar-refractivity contribution is 8.50. The number of aliphatic carboxylic acids is 1. The lowest BCUT2D eigenvalue weighted by Crippen LogP contribution is -2.47.